The highest BCUT2D eigenvalue weighted by atomic mass is 35.5. The van der Waals surface area contributed by atoms with Crippen LogP contribution in [0.1, 0.15) is 43.6 Å². The normalized spacial score (nSPS) is 27.3. The molecule has 0 radical (unpaired) electrons. The standard InChI is InChI=1S/C28H43ClO8Si2/c1-27(2,3)39(7,8)36-19-12-9-17(10-13-19)25(37-38(4,5)6)20-15-18(11-14-21(20)29)28(34)26(33)24(32)23(31)22(16-30)35-28/h9-15,22-26,30-34H,16H2,1-8H3/t22-,23-,24+,25?,26?,28?/m1/s1. The summed E-state index contributed by atoms with van der Waals surface area (Å²) in [5.41, 5.74) is 1.45. The fraction of sp³-hybridized carbons (Fsp3) is 0.571. The van der Waals surface area contributed by atoms with Crippen molar-refractivity contribution >= 4 is 28.2 Å². The summed E-state index contributed by atoms with van der Waals surface area (Å²) in [4.78, 5) is 0. The van der Waals surface area contributed by atoms with Crippen molar-refractivity contribution < 1.29 is 39.1 Å². The first kappa shape index (κ1) is 32.2. The number of hydrogen-bond donors (Lipinski definition) is 5. The molecular weight excluding hydrogens is 556 g/mol. The van der Waals surface area contributed by atoms with Gasteiger partial charge in [-0.3, -0.25) is 0 Å². The summed E-state index contributed by atoms with van der Waals surface area (Å²) in [5.74, 6) is -1.64. The smallest absolute Gasteiger partial charge is 0.250 e. The molecule has 1 fully saturated rings. The summed E-state index contributed by atoms with van der Waals surface area (Å²) in [7, 11) is -4.17. The first-order valence-electron chi connectivity index (χ1n) is 13.1. The first-order valence-corrected chi connectivity index (χ1v) is 19.8. The van der Waals surface area contributed by atoms with Crippen LogP contribution < -0.4 is 4.43 Å². The van der Waals surface area contributed by atoms with Crippen LogP contribution in [0.3, 0.4) is 0 Å². The lowest BCUT2D eigenvalue weighted by Gasteiger charge is -2.45. The van der Waals surface area contributed by atoms with Gasteiger partial charge in [-0.25, -0.2) is 0 Å². The molecule has 2 aromatic carbocycles. The Bertz CT molecular complexity index is 1130. The number of aliphatic hydroxyl groups is 5. The third-order valence-electron chi connectivity index (χ3n) is 7.49. The summed E-state index contributed by atoms with van der Waals surface area (Å²) in [5, 5.41) is 52.6. The van der Waals surface area contributed by atoms with Crippen molar-refractivity contribution in [3.63, 3.8) is 0 Å². The number of benzene rings is 2. The Morgan fingerprint density at radius 1 is 0.974 bits per heavy atom. The van der Waals surface area contributed by atoms with Gasteiger partial charge in [-0.15, -0.1) is 0 Å². The lowest BCUT2D eigenvalue weighted by Crippen LogP contribution is -2.63. The van der Waals surface area contributed by atoms with E-state index in [1.165, 1.54) is 6.07 Å². The summed E-state index contributed by atoms with van der Waals surface area (Å²) in [6.45, 7) is 16.4. The first-order chi connectivity index (χ1) is 17.8. The molecular formula is C28H43ClO8Si2. The minimum Gasteiger partial charge on any atom is -0.544 e. The van der Waals surface area contributed by atoms with Gasteiger partial charge in [0.2, 0.25) is 14.1 Å². The zero-order valence-corrected chi connectivity index (χ0v) is 26.7. The van der Waals surface area contributed by atoms with Crippen molar-refractivity contribution in [3.05, 3.63) is 64.2 Å². The number of rotatable bonds is 8. The van der Waals surface area contributed by atoms with Crippen LogP contribution >= 0.6 is 11.6 Å². The van der Waals surface area contributed by atoms with Gasteiger partial charge in [-0.05, 0) is 67.6 Å². The Kier molecular flexibility index (Phi) is 9.51. The van der Waals surface area contributed by atoms with Crippen molar-refractivity contribution in [1.82, 2.24) is 0 Å². The molecule has 1 saturated heterocycles. The van der Waals surface area contributed by atoms with E-state index >= 15 is 0 Å². The van der Waals surface area contributed by atoms with E-state index in [0.717, 1.165) is 11.3 Å². The minimum absolute atomic E-state index is 0.0494. The lowest BCUT2D eigenvalue weighted by atomic mass is 9.87. The topological polar surface area (TPSA) is 129 Å². The molecule has 11 heteroatoms. The number of hydrogen-bond acceptors (Lipinski definition) is 8. The number of ether oxygens (including phenoxy) is 1. The Morgan fingerprint density at radius 3 is 2.08 bits per heavy atom. The van der Waals surface area contributed by atoms with Crippen molar-refractivity contribution in [2.24, 2.45) is 0 Å². The molecule has 5 N–H and O–H groups in total. The van der Waals surface area contributed by atoms with Gasteiger partial charge in [0.25, 0.3) is 0 Å². The molecule has 0 spiro atoms. The van der Waals surface area contributed by atoms with Gasteiger partial charge >= 0.3 is 0 Å². The highest BCUT2D eigenvalue weighted by molar-refractivity contribution is 6.74. The maximum Gasteiger partial charge on any atom is 0.250 e. The highest BCUT2D eigenvalue weighted by Crippen LogP contribution is 2.42. The summed E-state index contributed by atoms with van der Waals surface area (Å²) in [6.07, 6.45) is -7.13. The Morgan fingerprint density at radius 2 is 1.56 bits per heavy atom. The second kappa shape index (κ2) is 11.5. The van der Waals surface area contributed by atoms with E-state index in [9.17, 15) is 25.5 Å². The number of aliphatic hydroxyl groups excluding tert-OH is 4. The third-order valence-corrected chi connectivity index (χ3v) is 13.1. The molecule has 1 aliphatic heterocycles. The van der Waals surface area contributed by atoms with Crippen LogP contribution in [0.15, 0.2) is 42.5 Å². The fourth-order valence-corrected chi connectivity index (χ4v) is 6.40. The van der Waals surface area contributed by atoms with Gasteiger partial charge in [-0.2, -0.15) is 0 Å². The van der Waals surface area contributed by atoms with Crippen molar-refractivity contribution in [2.75, 3.05) is 6.61 Å². The van der Waals surface area contributed by atoms with Gasteiger partial charge in [0, 0.05) is 16.1 Å². The molecule has 218 valence electrons. The second-order valence-corrected chi connectivity index (χ2v) is 22.3. The molecule has 3 rings (SSSR count). The Labute approximate surface area is 238 Å². The average Bonchev–Trinajstić information content (AvgIpc) is 2.83. The lowest BCUT2D eigenvalue weighted by molar-refractivity contribution is -0.357. The minimum atomic E-state index is -2.41. The van der Waals surface area contributed by atoms with Crippen LogP contribution in [0.25, 0.3) is 0 Å². The predicted molar refractivity (Wildman–Crippen MR) is 156 cm³/mol. The molecule has 1 aliphatic rings. The van der Waals surface area contributed by atoms with Crippen LogP contribution in [0.5, 0.6) is 5.75 Å². The van der Waals surface area contributed by atoms with Crippen molar-refractivity contribution in [1.29, 1.82) is 0 Å². The molecule has 0 bridgehead atoms. The quantitative estimate of drug-likeness (QED) is 0.285. The highest BCUT2D eigenvalue weighted by Gasteiger charge is 2.53. The molecule has 0 aromatic heterocycles. The van der Waals surface area contributed by atoms with Crippen LogP contribution in [0, 0.1) is 0 Å². The van der Waals surface area contributed by atoms with Crippen LogP contribution in [0.2, 0.25) is 42.8 Å². The van der Waals surface area contributed by atoms with E-state index in [4.69, 9.17) is 25.2 Å². The van der Waals surface area contributed by atoms with E-state index in [2.05, 4.69) is 53.5 Å². The van der Waals surface area contributed by atoms with Gasteiger partial charge in [0.1, 0.15) is 30.2 Å². The van der Waals surface area contributed by atoms with Crippen LogP contribution in [-0.2, 0) is 14.9 Å². The van der Waals surface area contributed by atoms with E-state index < -0.39 is 59.5 Å². The predicted octanol–water partition coefficient (Wildman–Crippen LogP) is 4.28. The van der Waals surface area contributed by atoms with Crippen molar-refractivity contribution in [2.45, 2.75) is 94.9 Å². The molecule has 6 atom stereocenters. The Hall–Kier alpha value is -1.32. The van der Waals surface area contributed by atoms with E-state index in [-0.39, 0.29) is 10.6 Å². The SMILES string of the molecule is CC(C)(C)[Si](C)(C)Oc1ccc(C(O[Si](C)(C)C)c2cc(C3(O)O[C@H](CO)[C@@H](O)[C@H](O)C3O)ccc2Cl)cc1. The number of halogens is 1. The summed E-state index contributed by atoms with van der Waals surface area (Å²) >= 11 is 6.67. The van der Waals surface area contributed by atoms with Gasteiger partial charge in [0.15, 0.2) is 8.32 Å². The zero-order valence-electron chi connectivity index (χ0n) is 24.0. The van der Waals surface area contributed by atoms with Crippen LogP contribution in [0.4, 0.5) is 0 Å². The summed E-state index contributed by atoms with van der Waals surface area (Å²) < 4.78 is 18.5. The zero-order chi connectivity index (χ0) is 29.6. The molecule has 0 amide bonds. The maximum atomic E-state index is 11.4. The van der Waals surface area contributed by atoms with E-state index in [0.29, 0.717) is 10.6 Å². The van der Waals surface area contributed by atoms with Crippen molar-refractivity contribution in [3.8, 4) is 5.75 Å². The molecule has 2 aromatic rings. The molecule has 3 unspecified atom stereocenters. The fourth-order valence-electron chi connectivity index (χ4n) is 4.18. The van der Waals surface area contributed by atoms with Gasteiger partial charge < -0.3 is 39.1 Å². The van der Waals surface area contributed by atoms with E-state index in [1.54, 1.807) is 12.1 Å². The maximum absolute atomic E-state index is 11.4. The average molecular weight is 599 g/mol. The molecule has 0 aliphatic carbocycles. The third kappa shape index (κ3) is 6.95. The molecule has 0 saturated carbocycles. The van der Waals surface area contributed by atoms with Gasteiger partial charge in [-0.1, -0.05) is 50.6 Å². The monoisotopic (exact) mass is 598 g/mol. The van der Waals surface area contributed by atoms with Crippen LogP contribution in [-0.4, -0.2) is 73.2 Å². The second-order valence-electron chi connectivity index (χ2n) is 12.7. The largest absolute Gasteiger partial charge is 0.544 e. The van der Waals surface area contributed by atoms with Gasteiger partial charge in [0.05, 0.1) is 12.7 Å². The molecule has 1 heterocycles. The van der Waals surface area contributed by atoms with E-state index in [1.807, 2.05) is 24.3 Å². The Balaban J connectivity index is 2.05. The summed E-state index contributed by atoms with van der Waals surface area (Å²) in [6, 6.07) is 12.3. The molecule has 8 nitrogen and oxygen atoms in total. The molecule has 39 heavy (non-hydrogen) atoms.